The Morgan fingerprint density at radius 3 is 2.68 bits per heavy atom. The fraction of sp³-hybridized carbons (Fsp3) is 0.300. The number of carbonyl (C=O) groups excluding carboxylic acids is 2. The quantitative estimate of drug-likeness (QED) is 0.339. The number of rotatable bonds is 8. The number of halogens is 1. The van der Waals surface area contributed by atoms with Gasteiger partial charge in [-0.3, -0.25) is 4.79 Å². The number of aromatic nitrogens is 3. The van der Waals surface area contributed by atoms with E-state index in [1.165, 1.54) is 30.2 Å². The molecule has 0 aliphatic rings. The molecule has 0 spiro atoms. The number of benzene rings is 1. The SMILES string of the molecule is COC(=O)c1cc(C)sc1NC(=O)CSc1nnc(C(C)Oc2ccc(Br)cc2)n1C. The number of hydrogen-bond acceptors (Lipinski definition) is 8. The normalized spacial score (nSPS) is 11.8. The van der Waals surface area contributed by atoms with Crippen LogP contribution in [0.2, 0.25) is 0 Å². The molecule has 1 N–H and O–H groups in total. The lowest BCUT2D eigenvalue weighted by Gasteiger charge is -2.14. The highest BCUT2D eigenvalue weighted by Gasteiger charge is 2.20. The van der Waals surface area contributed by atoms with Gasteiger partial charge in [0.05, 0.1) is 18.4 Å². The number of anilines is 1. The summed E-state index contributed by atoms with van der Waals surface area (Å²) in [6.45, 7) is 3.75. The maximum atomic E-state index is 12.4. The highest BCUT2D eigenvalue weighted by molar-refractivity contribution is 9.10. The van der Waals surface area contributed by atoms with Crippen LogP contribution < -0.4 is 10.1 Å². The van der Waals surface area contributed by atoms with E-state index in [2.05, 4.69) is 31.4 Å². The predicted octanol–water partition coefficient (Wildman–Crippen LogP) is 4.60. The third-order valence-corrected chi connectivity index (χ3v) is 6.72. The number of esters is 1. The van der Waals surface area contributed by atoms with E-state index in [1.807, 2.05) is 45.2 Å². The minimum atomic E-state index is -0.481. The number of nitrogens with zero attached hydrogens (tertiary/aromatic N) is 3. The molecule has 2 heterocycles. The number of carbonyl (C=O) groups is 2. The minimum absolute atomic E-state index is 0.117. The van der Waals surface area contributed by atoms with Crippen molar-refractivity contribution in [2.45, 2.75) is 25.1 Å². The van der Waals surface area contributed by atoms with Gasteiger partial charge in [-0.25, -0.2) is 4.79 Å². The highest BCUT2D eigenvalue weighted by Crippen LogP contribution is 2.29. The number of nitrogens with one attached hydrogen (secondary N) is 1. The van der Waals surface area contributed by atoms with Crippen molar-refractivity contribution in [3.8, 4) is 5.75 Å². The molecule has 1 amide bonds. The topological polar surface area (TPSA) is 95.3 Å². The van der Waals surface area contributed by atoms with Gasteiger partial charge in [-0.05, 0) is 44.2 Å². The lowest BCUT2D eigenvalue weighted by molar-refractivity contribution is -0.113. The monoisotopic (exact) mass is 524 g/mol. The molecule has 164 valence electrons. The molecule has 0 saturated heterocycles. The molecule has 3 rings (SSSR count). The van der Waals surface area contributed by atoms with Crippen molar-refractivity contribution in [1.29, 1.82) is 0 Å². The smallest absolute Gasteiger partial charge is 0.340 e. The van der Waals surface area contributed by atoms with Gasteiger partial charge < -0.3 is 19.4 Å². The number of hydrogen-bond donors (Lipinski definition) is 1. The van der Waals surface area contributed by atoms with E-state index < -0.39 is 5.97 Å². The van der Waals surface area contributed by atoms with Crippen LogP contribution in [0.5, 0.6) is 5.75 Å². The Bertz CT molecular complexity index is 1080. The van der Waals surface area contributed by atoms with E-state index in [-0.39, 0.29) is 17.8 Å². The summed E-state index contributed by atoms with van der Waals surface area (Å²) < 4.78 is 13.5. The summed E-state index contributed by atoms with van der Waals surface area (Å²) in [6, 6.07) is 9.23. The number of aryl methyl sites for hydroxylation is 1. The fourth-order valence-corrected chi connectivity index (χ4v) is 4.64. The molecule has 0 bridgehead atoms. The molecule has 0 saturated carbocycles. The van der Waals surface area contributed by atoms with Crippen LogP contribution in [0.4, 0.5) is 5.00 Å². The van der Waals surface area contributed by atoms with Crippen molar-refractivity contribution in [3.63, 3.8) is 0 Å². The zero-order valence-corrected chi connectivity index (χ0v) is 20.6. The van der Waals surface area contributed by atoms with E-state index in [1.54, 1.807) is 10.6 Å². The van der Waals surface area contributed by atoms with Gasteiger partial charge in [-0.15, -0.1) is 21.5 Å². The minimum Gasteiger partial charge on any atom is -0.483 e. The van der Waals surface area contributed by atoms with Crippen molar-refractivity contribution < 1.29 is 19.1 Å². The van der Waals surface area contributed by atoms with Crippen LogP contribution >= 0.6 is 39.0 Å². The number of thiophene rings is 1. The molecule has 11 heteroatoms. The van der Waals surface area contributed by atoms with Gasteiger partial charge in [0, 0.05) is 16.4 Å². The van der Waals surface area contributed by atoms with E-state index in [0.717, 1.165) is 15.1 Å². The average Bonchev–Trinajstić information content (AvgIpc) is 3.29. The Kier molecular flexibility index (Phi) is 7.74. The number of methoxy groups -OCH3 is 1. The van der Waals surface area contributed by atoms with Crippen LogP contribution in [0.25, 0.3) is 0 Å². The van der Waals surface area contributed by atoms with E-state index in [4.69, 9.17) is 9.47 Å². The van der Waals surface area contributed by atoms with Crippen molar-refractivity contribution in [2.75, 3.05) is 18.2 Å². The van der Waals surface area contributed by atoms with Gasteiger partial charge >= 0.3 is 5.97 Å². The van der Waals surface area contributed by atoms with Crippen molar-refractivity contribution in [1.82, 2.24) is 14.8 Å². The maximum Gasteiger partial charge on any atom is 0.340 e. The van der Waals surface area contributed by atoms with Crippen molar-refractivity contribution >= 4 is 55.9 Å². The second-order valence-electron chi connectivity index (χ2n) is 6.54. The summed E-state index contributed by atoms with van der Waals surface area (Å²) in [5.41, 5.74) is 0.350. The van der Waals surface area contributed by atoms with E-state index in [9.17, 15) is 9.59 Å². The highest BCUT2D eigenvalue weighted by atomic mass is 79.9. The summed E-state index contributed by atoms with van der Waals surface area (Å²) in [5.74, 6) is 0.754. The summed E-state index contributed by atoms with van der Waals surface area (Å²) in [5, 5.41) is 12.2. The zero-order valence-electron chi connectivity index (χ0n) is 17.3. The molecular weight excluding hydrogens is 504 g/mol. The zero-order chi connectivity index (χ0) is 22.5. The van der Waals surface area contributed by atoms with Crippen LogP contribution in [-0.4, -0.2) is 39.5 Å². The lowest BCUT2D eigenvalue weighted by atomic mass is 10.3. The Balaban J connectivity index is 1.60. The maximum absolute atomic E-state index is 12.4. The van der Waals surface area contributed by atoms with Crippen LogP contribution in [-0.2, 0) is 16.6 Å². The second-order valence-corrected chi connectivity index (χ2v) is 9.66. The first-order valence-corrected chi connectivity index (χ1v) is 11.8. The molecule has 1 atom stereocenters. The summed E-state index contributed by atoms with van der Waals surface area (Å²) in [7, 11) is 3.14. The Labute approximate surface area is 196 Å². The van der Waals surface area contributed by atoms with Crippen molar-refractivity contribution in [3.05, 3.63) is 51.1 Å². The summed E-state index contributed by atoms with van der Waals surface area (Å²) >= 11 is 5.98. The Morgan fingerprint density at radius 2 is 2.00 bits per heavy atom. The molecule has 0 aliphatic heterocycles. The first-order chi connectivity index (χ1) is 14.8. The second kappa shape index (κ2) is 10.3. The number of amides is 1. The molecular formula is C20H21BrN4O4S2. The van der Waals surface area contributed by atoms with Gasteiger partial charge in [0.2, 0.25) is 5.91 Å². The fourth-order valence-electron chi connectivity index (χ4n) is 2.74. The van der Waals surface area contributed by atoms with Crippen LogP contribution in [0, 0.1) is 6.92 Å². The van der Waals surface area contributed by atoms with E-state index in [0.29, 0.717) is 21.5 Å². The molecule has 8 nitrogen and oxygen atoms in total. The molecule has 3 aromatic rings. The first kappa shape index (κ1) is 23.3. The molecule has 1 unspecified atom stereocenters. The van der Waals surface area contributed by atoms with Gasteiger partial charge in [-0.1, -0.05) is 27.7 Å². The third kappa shape index (κ3) is 5.86. The van der Waals surface area contributed by atoms with Gasteiger partial charge in [0.1, 0.15) is 10.8 Å². The van der Waals surface area contributed by atoms with Gasteiger partial charge in [0.15, 0.2) is 17.1 Å². The molecule has 0 fully saturated rings. The van der Waals surface area contributed by atoms with Crippen molar-refractivity contribution in [2.24, 2.45) is 7.05 Å². The Hall–Kier alpha value is -2.37. The third-order valence-electron chi connectivity index (χ3n) is 4.20. The lowest BCUT2D eigenvalue weighted by Crippen LogP contribution is -2.16. The first-order valence-electron chi connectivity index (χ1n) is 9.21. The average molecular weight is 525 g/mol. The van der Waals surface area contributed by atoms with Crippen LogP contribution in [0.1, 0.15) is 34.1 Å². The number of ether oxygens (including phenoxy) is 2. The van der Waals surface area contributed by atoms with Gasteiger partial charge in [0.25, 0.3) is 0 Å². The summed E-state index contributed by atoms with van der Waals surface area (Å²) in [6.07, 6.45) is -0.321. The molecule has 31 heavy (non-hydrogen) atoms. The number of thioether (sulfide) groups is 1. The molecule has 1 aromatic carbocycles. The molecule has 0 aliphatic carbocycles. The Morgan fingerprint density at radius 1 is 1.29 bits per heavy atom. The predicted molar refractivity (Wildman–Crippen MR) is 124 cm³/mol. The van der Waals surface area contributed by atoms with E-state index >= 15 is 0 Å². The van der Waals surface area contributed by atoms with Crippen LogP contribution in [0.3, 0.4) is 0 Å². The van der Waals surface area contributed by atoms with Gasteiger partial charge in [-0.2, -0.15) is 0 Å². The van der Waals surface area contributed by atoms with Crippen LogP contribution in [0.15, 0.2) is 40.0 Å². The molecule has 0 radical (unpaired) electrons. The molecule has 2 aromatic heterocycles. The summed E-state index contributed by atoms with van der Waals surface area (Å²) in [4.78, 5) is 25.2. The largest absolute Gasteiger partial charge is 0.483 e. The standard InChI is InChI=1S/C20H21BrN4O4S2/c1-11-9-15(19(27)28-4)18(31-11)22-16(26)10-30-20-24-23-17(25(20)3)12(2)29-14-7-5-13(21)6-8-14/h5-9,12H,10H2,1-4H3,(H,22,26).